The molecule has 0 aliphatic heterocycles. The summed E-state index contributed by atoms with van der Waals surface area (Å²) in [7, 11) is 1.40. The number of carbonyl (C=O) groups is 1. The van der Waals surface area contributed by atoms with Crippen LogP contribution in [0.15, 0.2) is 24.3 Å². The average Bonchev–Trinajstić information content (AvgIpc) is 2.78. The first-order chi connectivity index (χ1) is 9.10. The van der Waals surface area contributed by atoms with Gasteiger partial charge in [0.15, 0.2) is 0 Å². The number of hydrogen-bond acceptors (Lipinski definition) is 4. The molecule has 102 valence electrons. The van der Waals surface area contributed by atoms with Crippen molar-refractivity contribution in [2.75, 3.05) is 12.4 Å². The van der Waals surface area contributed by atoms with Gasteiger partial charge in [-0.2, -0.15) is 0 Å². The lowest BCUT2D eigenvalue weighted by atomic mass is 10.0. The number of fused-ring (bicyclic) bond motifs is 1. The summed E-state index contributed by atoms with van der Waals surface area (Å²) in [5.41, 5.74) is 1.82. The number of esters is 1. The second-order valence-electron chi connectivity index (χ2n) is 4.95. The predicted molar refractivity (Wildman–Crippen MR) is 75.0 cm³/mol. The van der Waals surface area contributed by atoms with Crippen LogP contribution in [0, 0.1) is 5.92 Å². The van der Waals surface area contributed by atoms with Crippen molar-refractivity contribution in [3.63, 3.8) is 0 Å². The molecule has 1 atom stereocenters. The maximum atomic E-state index is 11.7. The quantitative estimate of drug-likeness (QED) is 0.812. The van der Waals surface area contributed by atoms with E-state index in [1.165, 1.54) is 7.11 Å². The zero-order valence-corrected chi connectivity index (χ0v) is 11.4. The molecule has 0 aliphatic rings. The van der Waals surface area contributed by atoms with Crippen LogP contribution in [0.1, 0.15) is 20.3 Å². The highest BCUT2D eigenvalue weighted by atomic mass is 16.5. The third kappa shape index (κ3) is 3.24. The van der Waals surface area contributed by atoms with Crippen LogP contribution in [0.2, 0.25) is 0 Å². The molecule has 0 fully saturated rings. The smallest absolute Gasteiger partial charge is 0.328 e. The van der Waals surface area contributed by atoms with Gasteiger partial charge in [0.25, 0.3) is 0 Å². The molecule has 0 radical (unpaired) electrons. The predicted octanol–water partition coefficient (Wildman–Crippen LogP) is 2.56. The lowest BCUT2D eigenvalue weighted by Crippen LogP contribution is -2.32. The van der Waals surface area contributed by atoms with Crippen molar-refractivity contribution in [3.05, 3.63) is 24.3 Å². The summed E-state index contributed by atoms with van der Waals surface area (Å²) in [4.78, 5) is 19.3. The first-order valence-electron chi connectivity index (χ1n) is 6.39. The Morgan fingerprint density at radius 1 is 1.42 bits per heavy atom. The van der Waals surface area contributed by atoms with Gasteiger partial charge in [0.1, 0.15) is 6.04 Å². The fourth-order valence-corrected chi connectivity index (χ4v) is 2.01. The molecule has 1 unspecified atom stereocenters. The largest absolute Gasteiger partial charge is 0.467 e. The number of aromatic amines is 1. The van der Waals surface area contributed by atoms with E-state index in [-0.39, 0.29) is 12.0 Å². The second kappa shape index (κ2) is 5.73. The molecule has 2 aromatic rings. The number of para-hydroxylation sites is 2. The number of methoxy groups -OCH3 is 1. The molecule has 19 heavy (non-hydrogen) atoms. The maximum absolute atomic E-state index is 11.7. The van der Waals surface area contributed by atoms with E-state index in [2.05, 4.69) is 29.1 Å². The number of rotatable bonds is 5. The van der Waals surface area contributed by atoms with Crippen molar-refractivity contribution in [1.82, 2.24) is 9.97 Å². The van der Waals surface area contributed by atoms with E-state index >= 15 is 0 Å². The van der Waals surface area contributed by atoms with E-state index in [0.29, 0.717) is 18.3 Å². The Bertz CT molecular complexity index is 530. The molecule has 1 aromatic carbocycles. The Morgan fingerprint density at radius 2 is 2.16 bits per heavy atom. The lowest BCUT2D eigenvalue weighted by molar-refractivity contribution is -0.141. The lowest BCUT2D eigenvalue weighted by Gasteiger charge is -2.17. The summed E-state index contributed by atoms with van der Waals surface area (Å²) in [5.74, 6) is 0.715. The van der Waals surface area contributed by atoms with Gasteiger partial charge in [-0.1, -0.05) is 26.0 Å². The van der Waals surface area contributed by atoms with Gasteiger partial charge in [-0.15, -0.1) is 0 Å². The van der Waals surface area contributed by atoms with Gasteiger partial charge in [0.05, 0.1) is 18.1 Å². The number of aromatic nitrogens is 2. The van der Waals surface area contributed by atoms with Gasteiger partial charge < -0.3 is 15.0 Å². The molecule has 0 bridgehead atoms. The highest BCUT2D eigenvalue weighted by Gasteiger charge is 2.21. The zero-order valence-electron chi connectivity index (χ0n) is 11.4. The van der Waals surface area contributed by atoms with Crippen molar-refractivity contribution in [2.45, 2.75) is 26.3 Å². The van der Waals surface area contributed by atoms with Gasteiger partial charge in [-0.3, -0.25) is 0 Å². The second-order valence-corrected chi connectivity index (χ2v) is 4.95. The van der Waals surface area contributed by atoms with Gasteiger partial charge >= 0.3 is 5.97 Å². The SMILES string of the molecule is COC(=O)C(CC(C)C)Nc1nc2ccccc2[nH]1. The fourth-order valence-electron chi connectivity index (χ4n) is 2.01. The minimum Gasteiger partial charge on any atom is -0.467 e. The van der Waals surface area contributed by atoms with Gasteiger partial charge in [0.2, 0.25) is 5.95 Å². The number of anilines is 1. The Morgan fingerprint density at radius 3 is 2.79 bits per heavy atom. The van der Waals surface area contributed by atoms with E-state index in [0.717, 1.165) is 11.0 Å². The van der Waals surface area contributed by atoms with Crippen LogP contribution >= 0.6 is 0 Å². The average molecular weight is 261 g/mol. The molecule has 0 aliphatic carbocycles. The number of imidazole rings is 1. The molecule has 0 saturated carbocycles. The summed E-state index contributed by atoms with van der Waals surface area (Å²) in [6.45, 7) is 4.13. The normalized spacial score (nSPS) is 12.6. The van der Waals surface area contributed by atoms with Crippen LogP contribution in [0.4, 0.5) is 5.95 Å². The molecular weight excluding hydrogens is 242 g/mol. The summed E-state index contributed by atoms with van der Waals surface area (Å²) in [6, 6.07) is 7.36. The first kappa shape index (κ1) is 13.4. The number of H-pyrrole nitrogens is 1. The molecule has 0 spiro atoms. The number of nitrogens with one attached hydrogen (secondary N) is 2. The number of hydrogen-bond donors (Lipinski definition) is 2. The van der Waals surface area contributed by atoms with Crippen LogP contribution in [0.25, 0.3) is 11.0 Å². The maximum Gasteiger partial charge on any atom is 0.328 e. The van der Waals surface area contributed by atoms with Crippen LogP contribution in [0.5, 0.6) is 0 Å². The Hall–Kier alpha value is -2.04. The van der Waals surface area contributed by atoms with Gasteiger partial charge in [-0.05, 0) is 24.5 Å². The van der Waals surface area contributed by atoms with Crippen molar-refractivity contribution in [2.24, 2.45) is 5.92 Å². The standard InChI is InChI=1S/C14H19N3O2/c1-9(2)8-12(13(18)19-3)17-14-15-10-6-4-5-7-11(10)16-14/h4-7,9,12H,8H2,1-3H3,(H2,15,16,17). The topological polar surface area (TPSA) is 67.0 Å². The van der Waals surface area contributed by atoms with E-state index in [4.69, 9.17) is 4.74 Å². The van der Waals surface area contributed by atoms with E-state index < -0.39 is 0 Å². The van der Waals surface area contributed by atoms with Crippen LogP contribution in [-0.4, -0.2) is 29.1 Å². The Kier molecular flexibility index (Phi) is 4.04. The monoisotopic (exact) mass is 261 g/mol. The third-order valence-corrected chi connectivity index (χ3v) is 2.89. The third-order valence-electron chi connectivity index (χ3n) is 2.89. The summed E-state index contributed by atoms with van der Waals surface area (Å²) >= 11 is 0. The molecular formula is C14H19N3O2. The van der Waals surface area contributed by atoms with E-state index in [9.17, 15) is 4.79 Å². The zero-order chi connectivity index (χ0) is 13.8. The summed E-state index contributed by atoms with van der Waals surface area (Å²) in [6.07, 6.45) is 0.698. The van der Waals surface area contributed by atoms with Crippen molar-refractivity contribution in [3.8, 4) is 0 Å². The first-order valence-corrected chi connectivity index (χ1v) is 6.39. The molecule has 1 heterocycles. The highest BCUT2D eigenvalue weighted by molar-refractivity contribution is 5.81. The summed E-state index contributed by atoms with van der Waals surface area (Å²) < 4.78 is 4.82. The minimum atomic E-state index is -0.384. The van der Waals surface area contributed by atoms with Crippen molar-refractivity contribution in [1.29, 1.82) is 0 Å². The summed E-state index contributed by atoms with van der Waals surface area (Å²) in [5, 5.41) is 3.11. The molecule has 1 aromatic heterocycles. The van der Waals surface area contributed by atoms with Crippen molar-refractivity contribution >= 4 is 23.0 Å². The molecule has 0 amide bonds. The van der Waals surface area contributed by atoms with E-state index in [1.807, 2.05) is 24.3 Å². The molecule has 2 rings (SSSR count). The molecule has 0 saturated heterocycles. The van der Waals surface area contributed by atoms with Crippen LogP contribution in [-0.2, 0) is 9.53 Å². The number of carbonyl (C=O) groups excluding carboxylic acids is 1. The van der Waals surface area contributed by atoms with Gasteiger partial charge in [-0.25, -0.2) is 9.78 Å². The Balaban J connectivity index is 2.17. The van der Waals surface area contributed by atoms with Gasteiger partial charge in [0, 0.05) is 0 Å². The molecule has 2 N–H and O–H groups in total. The van der Waals surface area contributed by atoms with Crippen LogP contribution < -0.4 is 5.32 Å². The highest BCUT2D eigenvalue weighted by Crippen LogP contribution is 2.16. The minimum absolute atomic E-state index is 0.269. The molecule has 5 heteroatoms. The molecule has 5 nitrogen and oxygen atoms in total. The van der Waals surface area contributed by atoms with E-state index in [1.54, 1.807) is 0 Å². The Labute approximate surface area is 112 Å². The number of benzene rings is 1. The van der Waals surface area contributed by atoms with Crippen molar-refractivity contribution < 1.29 is 9.53 Å². The van der Waals surface area contributed by atoms with Crippen LogP contribution in [0.3, 0.4) is 0 Å². The fraction of sp³-hybridized carbons (Fsp3) is 0.429. The number of ether oxygens (including phenoxy) is 1. The number of nitrogens with zero attached hydrogens (tertiary/aromatic N) is 1.